The molecule has 1 aromatic carbocycles. The fraction of sp³-hybridized carbons (Fsp3) is 0.571. The van der Waals surface area contributed by atoms with Crippen LogP contribution in [0.4, 0.5) is 0 Å². The first-order valence-corrected chi connectivity index (χ1v) is 12.8. The largest absolute Gasteiger partial charge is 0.382 e. The van der Waals surface area contributed by atoms with Crippen molar-refractivity contribution in [2.45, 2.75) is 65.8 Å². The molecule has 0 spiro atoms. The predicted octanol–water partition coefficient (Wildman–Crippen LogP) is 5.07. The van der Waals surface area contributed by atoms with Crippen molar-refractivity contribution in [2.75, 3.05) is 32.8 Å². The van der Waals surface area contributed by atoms with E-state index in [0.717, 1.165) is 37.8 Å². The number of carbonyl (C=O) groups excluding carboxylic acids is 2. The van der Waals surface area contributed by atoms with E-state index >= 15 is 0 Å². The van der Waals surface area contributed by atoms with Crippen molar-refractivity contribution < 1.29 is 14.3 Å². The molecule has 0 aliphatic heterocycles. The summed E-state index contributed by atoms with van der Waals surface area (Å²) in [7, 11) is 1.99. The third-order valence-electron chi connectivity index (χ3n) is 6.09. The topological polar surface area (TPSA) is 54.8 Å². The van der Waals surface area contributed by atoms with Crippen molar-refractivity contribution in [1.29, 1.82) is 0 Å². The van der Waals surface area contributed by atoms with E-state index < -0.39 is 0 Å². The van der Waals surface area contributed by atoms with Crippen molar-refractivity contribution >= 4 is 11.8 Å². The average Bonchev–Trinajstić information content (AvgIpc) is 3.26. The molecule has 34 heavy (non-hydrogen) atoms. The lowest BCUT2D eigenvalue weighted by Crippen LogP contribution is -2.43. The highest BCUT2D eigenvalue weighted by molar-refractivity contribution is 5.96. The summed E-state index contributed by atoms with van der Waals surface area (Å²) < 4.78 is 7.51. The Balaban J connectivity index is 2.14. The summed E-state index contributed by atoms with van der Waals surface area (Å²) in [6.07, 6.45) is 7.95. The number of ether oxygens (including phenoxy) is 1. The maximum absolute atomic E-state index is 13.4. The van der Waals surface area contributed by atoms with Crippen LogP contribution >= 0.6 is 0 Å². The van der Waals surface area contributed by atoms with E-state index in [1.165, 1.54) is 5.56 Å². The zero-order valence-corrected chi connectivity index (χ0v) is 21.6. The van der Waals surface area contributed by atoms with Gasteiger partial charge in [-0.25, -0.2) is 0 Å². The summed E-state index contributed by atoms with van der Waals surface area (Å²) in [5.74, 6) is -0.111. The molecule has 6 heteroatoms. The van der Waals surface area contributed by atoms with E-state index in [-0.39, 0.29) is 18.4 Å². The number of amides is 2. The van der Waals surface area contributed by atoms with Crippen molar-refractivity contribution in [3.05, 3.63) is 59.4 Å². The van der Waals surface area contributed by atoms with Crippen LogP contribution in [0.1, 0.15) is 74.5 Å². The van der Waals surface area contributed by atoms with E-state index in [9.17, 15) is 9.59 Å². The SMILES string of the molecule is CCCCc1ccc(C(=O)N(CCCOCC)CC(=O)N(CCCC)Cc2cccn2C)cc1. The first-order chi connectivity index (χ1) is 16.5. The molecule has 2 aromatic rings. The minimum Gasteiger partial charge on any atom is -0.382 e. The van der Waals surface area contributed by atoms with E-state index in [1.807, 2.05) is 66.0 Å². The fourth-order valence-corrected chi connectivity index (χ4v) is 3.89. The molecule has 1 heterocycles. The zero-order chi connectivity index (χ0) is 24.8. The highest BCUT2D eigenvalue weighted by atomic mass is 16.5. The van der Waals surface area contributed by atoms with E-state index in [0.29, 0.717) is 44.8 Å². The van der Waals surface area contributed by atoms with Gasteiger partial charge in [-0.1, -0.05) is 38.8 Å². The van der Waals surface area contributed by atoms with Crippen molar-refractivity contribution in [3.8, 4) is 0 Å². The highest BCUT2D eigenvalue weighted by Gasteiger charge is 2.23. The van der Waals surface area contributed by atoms with Crippen LogP contribution in [0.15, 0.2) is 42.6 Å². The van der Waals surface area contributed by atoms with E-state index in [4.69, 9.17) is 4.74 Å². The number of aromatic nitrogens is 1. The molecular weight excluding hydrogens is 426 g/mol. The van der Waals surface area contributed by atoms with Crippen molar-refractivity contribution in [1.82, 2.24) is 14.4 Å². The summed E-state index contributed by atoms with van der Waals surface area (Å²) in [5, 5.41) is 0. The summed E-state index contributed by atoms with van der Waals surface area (Å²) in [5.41, 5.74) is 2.96. The quantitative estimate of drug-likeness (QED) is 0.323. The first kappa shape index (κ1) is 27.6. The Bertz CT molecular complexity index is 860. The molecule has 0 saturated carbocycles. The Kier molecular flexibility index (Phi) is 12.5. The maximum Gasteiger partial charge on any atom is 0.254 e. The number of benzene rings is 1. The van der Waals surface area contributed by atoms with Crippen LogP contribution in [-0.4, -0.2) is 59.0 Å². The minimum absolute atomic E-state index is 0.0148. The monoisotopic (exact) mass is 469 g/mol. The van der Waals surface area contributed by atoms with Gasteiger partial charge in [-0.2, -0.15) is 0 Å². The Morgan fingerprint density at radius 1 is 0.912 bits per heavy atom. The fourth-order valence-electron chi connectivity index (χ4n) is 3.89. The van der Waals surface area contributed by atoms with Gasteiger partial charge in [-0.15, -0.1) is 0 Å². The average molecular weight is 470 g/mol. The molecular formula is C28H43N3O3. The third kappa shape index (κ3) is 8.98. The van der Waals surface area contributed by atoms with Crippen LogP contribution in [0.25, 0.3) is 0 Å². The Labute approximate surface area is 205 Å². The summed E-state index contributed by atoms with van der Waals surface area (Å²) in [6, 6.07) is 11.9. The number of carbonyl (C=O) groups is 2. The van der Waals surface area contributed by atoms with Crippen LogP contribution in [-0.2, 0) is 29.5 Å². The van der Waals surface area contributed by atoms with Gasteiger partial charge in [0.15, 0.2) is 0 Å². The summed E-state index contributed by atoms with van der Waals surface area (Å²) in [6.45, 7) is 9.30. The molecule has 1 aromatic heterocycles. The normalized spacial score (nSPS) is 10.9. The van der Waals surface area contributed by atoms with Crippen LogP contribution in [0.3, 0.4) is 0 Å². The predicted molar refractivity (Wildman–Crippen MR) is 138 cm³/mol. The second-order valence-corrected chi connectivity index (χ2v) is 8.86. The van der Waals surface area contributed by atoms with Crippen LogP contribution in [0, 0.1) is 0 Å². The molecule has 188 valence electrons. The molecule has 0 unspecified atom stereocenters. The summed E-state index contributed by atoms with van der Waals surface area (Å²) >= 11 is 0. The lowest BCUT2D eigenvalue weighted by Gasteiger charge is -2.28. The Morgan fingerprint density at radius 3 is 2.24 bits per heavy atom. The molecule has 0 radical (unpaired) electrons. The molecule has 0 aliphatic rings. The van der Waals surface area contributed by atoms with Crippen LogP contribution in [0.5, 0.6) is 0 Å². The number of rotatable bonds is 16. The zero-order valence-electron chi connectivity index (χ0n) is 21.6. The van der Waals surface area contributed by atoms with Gasteiger partial charge in [0.2, 0.25) is 5.91 Å². The molecule has 0 aliphatic carbocycles. The molecule has 0 fully saturated rings. The lowest BCUT2D eigenvalue weighted by molar-refractivity contribution is -0.132. The van der Waals surface area contributed by atoms with E-state index in [2.05, 4.69) is 13.8 Å². The minimum atomic E-state index is -0.0961. The molecule has 0 N–H and O–H groups in total. The van der Waals surface area contributed by atoms with Gasteiger partial charge in [0.05, 0.1) is 6.54 Å². The van der Waals surface area contributed by atoms with Gasteiger partial charge in [0.25, 0.3) is 5.91 Å². The number of nitrogens with zero attached hydrogens (tertiary/aromatic N) is 3. The van der Waals surface area contributed by atoms with Gasteiger partial charge in [-0.3, -0.25) is 9.59 Å². The smallest absolute Gasteiger partial charge is 0.254 e. The lowest BCUT2D eigenvalue weighted by atomic mass is 10.1. The van der Waals surface area contributed by atoms with Gasteiger partial charge in [0.1, 0.15) is 6.54 Å². The number of hydrogen-bond donors (Lipinski definition) is 0. The Hall–Kier alpha value is -2.60. The number of unbranched alkanes of at least 4 members (excludes halogenated alkanes) is 2. The molecule has 0 saturated heterocycles. The van der Waals surface area contributed by atoms with Gasteiger partial charge >= 0.3 is 0 Å². The number of hydrogen-bond acceptors (Lipinski definition) is 3. The number of aryl methyl sites for hydroxylation is 2. The molecule has 0 bridgehead atoms. The summed E-state index contributed by atoms with van der Waals surface area (Å²) in [4.78, 5) is 30.3. The van der Waals surface area contributed by atoms with Crippen molar-refractivity contribution in [2.24, 2.45) is 7.05 Å². The van der Waals surface area contributed by atoms with Crippen molar-refractivity contribution in [3.63, 3.8) is 0 Å². The van der Waals surface area contributed by atoms with Crippen LogP contribution < -0.4 is 0 Å². The van der Waals surface area contributed by atoms with Gasteiger partial charge in [-0.05, 0) is 62.4 Å². The van der Waals surface area contributed by atoms with Gasteiger partial charge < -0.3 is 19.1 Å². The van der Waals surface area contributed by atoms with Gasteiger partial charge in [0, 0.05) is 50.8 Å². The third-order valence-corrected chi connectivity index (χ3v) is 6.09. The van der Waals surface area contributed by atoms with E-state index in [1.54, 1.807) is 4.90 Å². The molecule has 0 atom stereocenters. The van der Waals surface area contributed by atoms with Crippen LogP contribution in [0.2, 0.25) is 0 Å². The second kappa shape index (κ2) is 15.3. The molecule has 2 rings (SSSR count). The molecule has 6 nitrogen and oxygen atoms in total. The highest BCUT2D eigenvalue weighted by Crippen LogP contribution is 2.13. The Morgan fingerprint density at radius 2 is 1.62 bits per heavy atom. The second-order valence-electron chi connectivity index (χ2n) is 8.86. The molecule has 2 amide bonds. The maximum atomic E-state index is 13.4. The first-order valence-electron chi connectivity index (χ1n) is 12.8. The standard InChI is InChI=1S/C28H43N3O3/c1-5-8-12-24-14-16-25(17-15-24)28(33)31(20-11-21-34-7-3)23-27(32)30(19-9-6-2)22-26-13-10-18-29(26)4/h10,13-18H,5-9,11-12,19-23H2,1-4H3.